The number of rotatable bonds is 2. The molecule has 0 saturated carbocycles. The van der Waals surface area contributed by atoms with Crippen molar-refractivity contribution < 1.29 is 8.94 Å². The normalized spacial score (nSPS) is 10.7. The molecule has 3 rings (SSSR count). The topological polar surface area (TPSA) is 78.1 Å². The van der Waals surface area contributed by atoms with E-state index in [4.69, 9.17) is 14.7 Å². The minimum atomic E-state index is 0.383. The van der Waals surface area contributed by atoms with Crippen LogP contribution in [0.25, 0.3) is 22.8 Å². The van der Waals surface area contributed by atoms with Crippen molar-refractivity contribution >= 4 is 21.6 Å². The molecule has 0 bridgehead atoms. The molecule has 1 aromatic carbocycles. The second-order valence-electron chi connectivity index (χ2n) is 3.62. The maximum Gasteiger partial charge on any atom is 0.262 e. The van der Waals surface area contributed by atoms with Crippen LogP contribution in [0.5, 0.6) is 0 Å². The third-order valence-electron chi connectivity index (χ3n) is 2.48. The van der Waals surface area contributed by atoms with Crippen LogP contribution in [0.3, 0.4) is 0 Å². The van der Waals surface area contributed by atoms with Crippen molar-refractivity contribution in [3.05, 3.63) is 41.3 Å². The van der Waals surface area contributed by atoms with Gasteiger partial charge < -0.3 is 14.7 Å². The molecule has 0 aliphatic carbocycles. The summed E-state index contributed by atoms with van der Waals surface area (Å²) in [5.41, 5.74) is 7.92. The number of nitrogens with zero attached hydrogens (tertiary/aromatic N) is 2. The number of aromatic nitrogens is 2. The molecule has 3 aromatic rings. The highest BCUT2D eigenvalue weighted by atomic mass is 79.9. The average molecular weight is 306 g/mol. The monoisotopic (exact) mass is 305 g/mol. The Morgan fingerprint density at radius 1 is 1.11 bits per heavy atom. The zero-order valence-electron chi connectivity index (χ0n) is 9.13. The van der Waals surface area contributed by atoms with Gasteiger partial charge in [0.05, 0.1) is 11.8 Å². The van der Waals surface area contributed by atoms with Crippen LogP contribution in [0.15, 0.2) is 50.2 Å². The summed E-state index contributed by atoms with van der Waals surface area (Å²) in [6, 6.07) is 9.10. The number of hydrogen-bond donors (Lipinski definition) is 1. The Labute approximate surface area is 111 Å². The fourth-order valence-corrected chi connectivity index (χ4v) is 2.00. The van der Waals surface area contributed by atoms with E-state index in [9.17, 15) is 0 Å². The molecule has 0 aliphatic rings. The van der Waals surface area contributed by atoms with Gasteiger partial charge in [-0.3, -0.25) is 0 Å². The van der Waals surface area contributed by atoms with E-state index in [0.717, 1.165) is 5.56 Å². The fourth-order valence-electron chi connectivity index (χ4n) is 1.59. The quantitative estimate of drug-likeness (QED) is 0.735. The van der Waals surface area contributed by atoms with Gasteiger partial charge >= 0.3 is 0 Å². The summed E-state index contributed by atoms with van der Waals surface area (Å²) in [5, 5.41) is 3.92. The van der Waals surface area contributed by atoms with Gasteiger partial charge in [-0.2, -0.15) is 4.98 Å². The highest BCUT2D eigenvalue weighted by molar-refractivity contribution is 9.10. The Morgan fingerprint density at radius 3 is 2.67 bits per heavy atom. The van der Waals surface area contributed by atoms with Gasteiger partial charge in [0.25, 0.3) is 5.89 Å². The number of furan rings is 1. The smallest absolute Gasteiger partial charge is 0.262 e. The predicted octanol–water partition coefficient (Wildman–Crippen LogP) is 3.34. The lowest BCUT2D eigenvalue weighted by atomic mass is 10.2. The van der Waals surface area contributed by atoms with Crippen molar-refractivity contribution in [2.75, 3.05) is 5.73 Å². The first-order valence-corrected chi connectivity index (χ1v) is 5.97. The van der Waals surface area contributed by atoms with Gasteiger partial charge in [-0.05, 0) is 34.1 Å². The molecule has 0 aliphatic heterocycles. The van der Waals surface area contributed by atoms with Crippen molar-refractivity contribution in [1.82, 2.24) is 10.1 Å². The second-order valence-corrected chi connectivity index (χ2v) is 4.34. The molecule has 90 valence electrons. The first-order valence-electron chi connectivity index (χ1n) is 5.17. The summed E-state index contributed by atoms with van der Waals surface area (Å²) in [6.45, 7) is 0. The van der Waals surface area contributed by atoms with E-state index in [1.807, 2.05) is 18.2 Å². The lowest BCUT2D eigenvalue weighted by Gasteiger charge is -1.97. The Hall–Kier alpha value is -2.08. The molecule has 6 heteroatoms. The molecular formula is C12H8BrN3O2. The molecule has 2 heterocycles. The summed E-state index contributed by atoms with van der Waals surface area (Å²) in [6.07, 6.45) is 1.54. The average Bonchev–Trinajstić information content (AvgIpc) is 2.98. The maximum absolute atomic E-state index is 5.86. The van der Waals surface area contributed by atoms with E-state index in [-0.39, 0.29) is 0 Å². The first kappa shape index (κ1) is 11.0. The Balaban J connectivity index is 2.05. The lowest BCUT2D eigenvalue weighted by molar-refractivity contribution is 0.431. The van der Waals surface area contributed by atoms with Gasteiger partial charge in [0, 0.05) is 11.3 Å². The van der Waals surface area contributed by atoms with Crippen LogP contribution in [0.1, 0.15) is 0 Å². The maximum atomic E-state index is 5.86. The van der Waals surface area contributed by atoms with E-state index in [1.54, 1.807) is 18.4 Å². The van der Waals surface area contributed by atoms with Gasteiger partial charge in [0.2, 0.25) is 5.82 Å². The van der Waals surface area contributed by atoms with Crippen molar-refractivity contribution in [2.24, 2.45) is 0 Å². The second kappa shape index (κ2) is 4.30. The molecule has 0 radical (unpaired) electrons. The van der Waals surface area contributed by atoms with Crippen LogP contribution in [0.2, 0.25) is 0 Å². The highest BCUT2D eigenvalue weighted by Gasteiger charge is 2.15. The van der Waals surface area contributed by atoms with Crippen LogP contribution in [-0.4, -0.2) is 10.1 Å². The summed E-state index contributed by atoms with van der Waals surface area (Å²) >= 11 is 3.26. The largest absolute Gasteiger partial charge is 0.457 e. The number of anilines is 1. The SMILES string of the molecule is Nc1ccccc1-c1noc(-c2ccoc2Br)n1. The summed E-state index contributed by atoms with van der Waals surface area (Å²) in [5.74, 6) is 0.838. The molecular weight excluding hydrogens is 298 g/mol. The summed E-state index contributed by atoms with van der Waals surface area (Å²) in [4.78, 5) is 4.30. The minimum absolute atomic E-state index is 0.383. The van der Waals surface area contributed by atoms with E-state index in [1.165, 1.54) is 0 Å². The number of hydrogen-bond acceptors (Lipinski definition) is 5. The van der Waals surface area contributed by atoms with Crippen LogP contribution >= 0.6 is 15.9 Å². The molecule has 2 N–H and O–H groups in total. The summed E-state index contributed by atoms with van der Waals surface area (Å²) < 4.78 is 10.9. The first-order chi connectivity index (χ1) is 8.75. The molecule has 18 heavy (non-hydrogen) atoms. The zero-order valence-corrected chi connectivity index (χ0v) is 10.7. The zero-order chi connectivity index (χ0) is 12.5. The summed E-state index contributed by atoms with van der Waals surface area (Å²) in [7, 11) is 0. The fraction of sp³-hybridized carbons (Fsp3) is 0. The Bertz CT molecular complexity index is 690. The number of nitrogen functional groups attached to an aromatic ring is 1. The Morgan fingerprint density at radius 2 is 1.94 bits per heavy atom. The standard InChI is InChI=1S/C12H8BrN3O2/c13-10-8(5-6-17-10)12-15-11(16-18-12)7-3-1-2-4-9(7)14/h1-6H,14H2. The van der Waals surface area contributed by atoms with E-state index in [0.29, 0.717) is 27.6 Å². The van der Waals surface area contributed by atoms with Gasteiger partial charge in [-0.25, -0.2) is 0 Å². The lowest BCUT2D eigenvalue weighted by Crippen LogP contribution is -1.90. The van der Waals surface area contributed by atoms with Crippen LogP contribution in [0.4, 0.5) is 5.69 Å². The molecule has 2 aromatic heterocycles. The van der Waals surface area contributed by atoms with E-state index in [2.05, 4.69) is 26.1 Å². The van der Waals surface area contributed by atoms with Crippen molar-refractivity contribution in [3.8, 4) is 22.8 Å². The molecule has 0 fully saturated rings. The molecule has 0 atom stereocenters. The van der Waals surface area contributed by atoms with E-state index >= 15 is 0 Å². The van der Waals surface area contributed by atoms with Crippen molar-refractivity contribution in [3.63, 3.8) is 0 Å². The van der Waals surface area contributed by atoms with Gasteiger partial charge in [-0.15, -0.1) is 0 Å². The predicted molar refractivity (Wildman–Crippen MR) is 69.5 cm³/mol. The molecule has 0 saturated heterocycles. The number of halogens is 1. The highest BCUT2D eigenvalue weighted by Crippen LogP contribution is 2.30. The molecule has 0 unspecified atom stereocenters. The minimum Gasteiger partial charge on any atom is -0.457 e. The molecule has 5 nitrogen and oxygen atoms in total. The molecule has 0 spiro atoms. The van der Waals surface area contributed by atoms with E-state index < -0.39 is 0 Å². The number of nitrogens with two attached hydrogens (primary N) is 1. The Kier molecular flexibility index (Phi) is 2.64. The van der Waals surface area contributed by atoms with Crippen molar-refractivity contribution in [2.45, 2.75) is 0 Å². The van der Waals surface area contributed by atoms with Crippen LogP contribution in [-0.2, 0) is 0 Å². The van der Waals surface area contributed by atoms with Crippen LogP contribution in [0, 0.1) is 0 Å². The third kappa shape index (κ3) is 1.80. The van der Waals surface area contributed by atoms with Gasteiger partial charge in [-0.1, -0.05) is 17.3 Å². The van der Waals surface area contributed by atoms with Gasteiger partial charge in [0.15, 0.2) is 4.67 Å². The third-order valence-corrected chi connectivity index (χ3v) is 3.09. The van der Waals surface area contributed by atoms with Crippen LogP contribution < -0.4 is 5.73 Å². The van der Waals surface area contributed by atoms with Gasteiger partial charge in [0.1, 0.15) is 0 Å². The van der Waals surface area contributed by atoms with Crippen molar-refractivity contribution in [1.29, 1.82) is 0 Å². The number of para-hydroxylation sites is 1. The number of benzene rings is 1. The molecule has 0 amide bonds.